The van der Waals surface area contributed by atoms with Crippen molar-refractivity contribution in [1.82, 2.24) is 9.38 Å². The van der Waals surface area contributed by atoms with Crippen LogP contribution in [0.15, 0.2) is 77.9 Å². The SMILES string of the molecule is O=C(Nc1ccccc1-c1cn2ccccc2n1)c1ccoc1. The minimum atomic E-state index is -0.213. The van der Waals surface area contributed by atoms with Crippen LogP contribution in [0.5, 0.6) is 0 Å². The molecule has 5 heteroatoms. The molecule has 112 valence electrons. The fourth-order valence-electron chi connectivity index (χ4n) is 2.47. The van der Waals surface area contributed by atoms with Crippen molar-refractivity contribution in [3.63, 3.8) is 0 Å². The van der Waals surface area contributed by atoms with E-state index >= 15 is 0 Å². The summed E-state index contributed by atoms with van der Waals surface area (Å²) in [5.41, 5.74) is 3.72. The quantitative estimate of drug-likeness (QED) is 0.625. The Morgan fingerprint density at radius 2 is 1.96 bits per heavy atom. The summed E-state index contributed by atoms with van der Waals surface area (Å²) in [6.45, 7) is 0. The molecule has 0 spiro atoms. The zero-order chi connectivity index (χ0) is 15.6. The standard InChI is InChI=1S/C18H13N3O2/c22-18(13-8-10-23-12-13)20-15-6-2-1-5-14(15)16-11-21-9-4-3-7-17(21)19-16/h1-12H,(H,20,22). The highest BCUT2D eigenvalue weighted by Gasteiger charge is 2.13. The van der Waals surface area contributed by atoms with E-state index in [9.17, 15) is 4.79 Å². The Morgan fingerprint density at radius 1 is 1.09 bits per heavy atom. The summed E-state index contributed by atoms with van der Waals surface area (Å²) in [4.78, 5) is 16.8. The number of nitrogens with zero attached hydrogens (tertiary/aromatic N) is 2. The first-order valence-electron chi connectivity index (χ1n) is 7.18. The summed E-state index contributed by atoms with van der Waals surface area (Å²) in [7, 11) is 0. The van der Waals surface area contributed by atoms with E-state index in [1.807, 2.05) is 59.3 Å². The number of furan rings is 1. The zero-order valence-corrected chi connectivity index (χ0v) is 12.1. The lowest BCUT2D eigenvalue weighted by Crippen LogP contribution is -2.11. The van der Waals surface area contributed by atoms with Crippen LogP contribution in [0.1, 0.15) is 10.4 Å². The Kier molecular flexibility index (Phi) is 3.16. The number of anilines is 1. The molecule has 0 saturated carbocycles. The van der Waals surface area contributed by atoms with E-state index in [2.05, 4.69) is 10.3 Å². The average Bonchev–Trinajstić information content (AvgIpc) is 3.25. The third-order valence-electron chi connectivity index (χ3n) is 3.60. The number of aromatic nitrogens is 2. The van der Waals surface area contributed by atoms with Gasteiger partial charge in [0.25, 0.3) is 5.91 Å². The number of pyridine rings is 1. The summed E-state index contributed by atoms with van der Waals surface area (Å²) in [5.74, 6) is -0.213. The number of carbonyl (C=O) groups excluding carboxylic acids is 1. The summed E-state index contributed by atoms with van der Waals surface area (Å²) >= 11 is 0. The van der Waals surface area contributed by atoms with E-state index in [1.54, 1.807) is 6.07 Å². The number of para-hydroxylation sites is 1. The molecule has 23 heavy (non-hydrogen) atoms. The number of hydrogen-bond donors (Lipinski definition) is 1. The molecule has 0 bridgehead atoms. The minimum absolute atomic E-state index is 0.213. The topological polar surface area (TPSA) is 59.5 Å². The molecule has 3 aromatic heterocycles. The fourth-order valence-corrected chi connectivity index (χ4v) is 2.47. The maximum Gasteiger partial charge on any atom is 0.258 e. The lowest BCUT2D eigenvalue weighted by Gasteiger charge is -2.08. The lowest BCUT2D eigenvalue weighted by atomic mass is 10.1. The molecule has 0 fully saturated rings. The van der Waals surface area contributed by atoms with Crippen LogP contribution in [-0.2, 0) is 0 Å². The van der Waals surface area contributed by atoms with Crippen LogP contribution < -0.4 is 5.32 Å². The van der Waals surface area contributed by atoms with Crippen molar-refractivity contribution in [2.75, 3.05) is 5.32 Å². The smallest absolute Gasteiger partial charge is 0.258 e. The van der Waals surface area contributed by atoms with Crippen molar-refractivity contribution in [3.8, 4) is 11.3 Å². The number of nitrogens with one attached hydrogen (secondary N) is 1. The predicted octanol–water partition coefficient (Wildman–Crippen LogP) is 3.85. The number of rotatable bonds is 3. The molecule has 4 rings (SSSR count). The number of hydrogen-bond acceptors (Lipinski definition) is 3. The normalized spacial score (nSPS) is 10.8. The number of amides is 1. The zero-order valence-electron chi connectivity index (χ0n) is 12.1. The van der Waals surface area contributed by atoms with Gasteiger partial charge in [-0.15, -0.1) is 0 Å². The third kappa shape index (κ3) is 2.48. The molecule has 0 radical (unpaired) electrons. The fraction of sp³-hybridized carbons (Fsp3) is 0. The van der Waals surface area contributed by atoms with Gasteiger partial charge in [-0.25, -0.2) is 4.98 Å². The van der Waals surface area contributed by atoms with E-state index in [0.29, 0.717) is 11.3 Å². The summed E-state index contributed by atoms with van der Waals surface area (Å²) in [6.07, 6.45) is 6.78. The first-order valence-corrected chi connectivity index (χ1v) is 7.18. The second kappa shape index (κ2) is 5.46. The van der Waals surface area contributed by atoms with Gasteiger partial charge >= 0.3 is 0 Å². The van der Waals surface area contributed by atoms with E-state index in [0.717, 1.165) is 16.9 Å². The largest absolute Gasteiger partial charge is 0.472 e. The second-order valence-electron chi connectivity index (χ2n) is 5.10. The highest BCUT2D eigenvalue weighted by atomic mass is 16.3. The van der Waals surface area contributed by atoms with E-state index in [1.165, 1.54) is 12.5 Å². The molecule has 0 aliphatic heterocycles. The van der Waals surface area contributed by atoms with Crippen LogP contribution in [0.25, 0.3) is 16.9 Å². The Hall–Kier alpha value is -3.34. The monoisotopic (exact) mass is 303 g/mol. The van der Waals surface area contributed by atoms with Crippen LogP contribution in [0.4, 0.5) is 5.69 Å². The second-order valence-corrected chi connectivity index (χ2v) is 5.10. The van der Waals surface area contributed by atoms with Crippen molar-refractivity contribution < 1.29 is 9.21 Å². The predicted molar refractivity (Wildman–Crippen MR) is 87.3 cm³/mol. The van der Waals surface area contributed by atoms with Crippen LogP contribution in [0.3, 0.4) is 0 Å². The lowest BCUT2D eigenvalue weighted by molar-refractivity contribution is 0.102. The third-order valence-corrected chi connectivity index (χ3v) is 3.60. The van der Waals surface area contributed by atoms with E-state index < -0.39 is 0 Å². The van der Waals surface area contributed by atoms with Crippen LogP contribution in [0, 0.1) is 0 Å². The van der Waals surface area contributed by atoms with Gasteiger partial charge in [-0.3, -0.25) is 4.79 Å². The van der Waals surface area contributed by atoms with Crippen LogP contribution in [0.2, 0.25) is 0 Å². The highest BCUT2D eigenvalue weighted by Crippen LogP contribution is 2.27. The number of imidazole rings is 1. The molecule has 5 nitrogen and oxygen atoms in total. The van der Waals surface area contributed by atoms with Crippen molar-refractivity contribution in [2.24, 2.45) is 0 Å². The Bertz CT molecular complexity index is 938. The molecule has 3 heterocycles. The molecular formula is C18H13N3O2. The van der Waals surface area contributed by atoms with E-state index in [-0.39, 0.29) is 5.91 Å². The average molecular weight is 303 g/mol. The van der Waals surface area contributed by atoms with Crippen LogP contribution in [-0.4, -0.2) is 15.3 Å². The molecule has 0 saturated heterocycles. The van der Waals surface area contributed by atoms with Gasteiger partial charge in [0.15, 0.2) is 0 Å². The highest BCUT2D eigenvalue weighted by molar-refractivity contribution is 6.05. The minimum Gasteiger partial charge on any atom is -0.472 e. The number of benzene rings is 1. The van der Waals surface area contributed by atoms with Gasteiger partial charge in [-0.05, 0) is 24.3 Å². The molecule has 0 unspecified atom stereocenters. The first-order chi connectivity index (χ1) is 11.3. The Labute approximate surface area is 132 Å². The van der Waals surface area contributed by atoms with Crippen molar-refractivity contribution in [3.05, 3.63) is 79.0 Å². The van der Waals surface area contributed by atoms with Gasteiger partial charge in [-0.2, -0.15) is 0 Å². The summed E-state index contributed by atoms with van der Waals surface area (Å²) in [6, 6.07) is 15.1. The molecular weight excluding hydrogens is 290 g/mol. The Morgan fingerprint density at radius 3 is 2.78 bits per heavy atom. The Balaban J connectivity index is 1.73. The van der Waals surface area contributed by atoms with Gasteiger partial charge < -0.3 is 14.1 Å². The summed E-state index contributed by atoms with van der Waals surface area (Å²) < 4.78 is 6.90. The molecule has 4 aromatic rings. The summed E-state index contributed by atoms with van der Waals surface area (Å²) in [5, 5.41) is 2.91. The maximum absolute atomic E-state index is 12.2. The number of carbonyl (C=O) groups is 1. The van der Waals surface area contributed by atoms with Gasteiger partial charge in [0.1, 0.15) is 11.9 Å². The van der Waals surface area contributed by atoms with Crippen LogP contribution >= 0.6 is 0 Å². The first kappa shape index (κ1) is 13.3. The number of fused-ring (bicyclic) bond motifs is 1. The van der Waals surface area contributed by atoms with E-state index in [4.69, 9.17) is 4.42 Å². The molecule has 0 atom stereocenters. The molecule has 0 aliphatic carbocycles. The van der Waals surface area contributed by atoms with Crippen molar-refractivity contribution in [2.45, 2.75) is 0 Å². The molecule has 1 N–H and O–H groups in total. The van der Waals surface area contributed by atoms with Gasteiger partial charge in [0.05, 0.1) is 23.2 Å². The van der Waals surface area contributed by atoms with Crippen molar-refractivity contribution >= 4 is 17.2 Å². The molecule has 1 amide bonds. The maximum atomic E-state index is 12.2. The van der Waals surface area contributed by atoms with Gasteiger partial charge in [0.2, 0.25) is 0 Å². The molecule has 1 aromatic carbocycles. The van der Waals surface area contributed by atoms with Gasteiger partial charge in [0, 0.05) is 18.0 Å². The van der Waals surface area contributed by atoms with Gasteiger partial charge in [-0.1, -0.05) is 24.3 Å². The molecule has 0 aliphatic rings. The van der Waals surface area contributed by atoms with Crippen molar-refractivity contribution in [1.29, 1.82) is 0 Å².